The topological polar surface area (TPSA) is 70.7 Å². The number of carbonyl (C=O) groups excluding carboxylic acids is 2. The molecule has 1 unspecified atom stereocenters. The molecule has 0 saturated heterocycles. The maximum atomic E-state index is 12.5. The van der Waals surface area contributed by atoms with E-state index in [0.29, 0.717) is 36.1 Å². The summed E-state index contributed by atoms with van der Waals surface area (Å²) >= 11 is 11.9. The SMILES string of the molecule is CCOC(=O)C1=C(C)NC(=O)NC1c1cc(C)cc(N(CCCl)CCCl)c1. The van der Waals surface area contributed by atoms with Gasteiger partial charge in [0, 0.05) is 36.2 Å². The van der Waals surface area contributed by atoms with Gasteiger partial charge in [0.1, 0.15) is 0 Å². The number of allylic oxidation sites excluding steroid dienone is 1. The third kappa shape index (κ3) is 5.30. The van der Waals surface area contributed by atoms with E-state index in [0.717, 1.165) is 16.8 Å². The number of hydrogen-bond acceptors (Lipinski definition) is 4. The summed E-state index contributed by atoms with van der Waals surface area (Å²) in [5.74, 6) is 0.489. The molecular formula is C19H25Cl2N3O3. The highest BCUT2D eigenvalue weighted by molar-refractivity contribution is 6.18. The van der Waals surface area contributed by atoms with Gasteiger partial charge in [0.15, 0.2) is 0 Å². The van der Waals surface area contributed by atoms with Gasteiger partial charge in [-0.25, -0.2) is 9.59 Å². The van der Waals surface area contributed by atoms with Crippen molar-refractivity contribution in [2.75, 3.05) is 36.4 Å². The molecule has 1 heterocycles. The number of anilines is 1. The molecule has 148 valence electrons. The Kier molecular flexibility index (Phi) is 7.80. The van der Waals surface area contributed by atoms with E-state index in [1.807, 2.05) is 25.1 Å². The second-order valence-electron chi connectivity index (χ2n) is 6.26. The van der Waals surface area contributed by atoms with Crippen LogP contribution in [0.1, 0.15) is 31.0 Å². The van der Waals surface area contributed by atoms with Crippen LogP contribution in [-0.2, 0) is 9.53 Å². The summed E-state index contributed by atoms with van der Waals surface area (Å²) in [5.41, 5.74) is 3.64. The molecule has 2 amide bonds. The van der Waals surface area contributed by atoms with Crippen LogP contribution >= 0.6 is 23.2 Å². The van der Waals surface area contributed by atoms with Gasteiger partial charge in [-0.3, -0.25) is 0 Å². The van der Waals surface area contributed by atoms with Gasteiger partial charge in [0.2, 0.25) is 0 Å². The van der Waals surface area contributed by atoms with Gasteiger partial charge in [-0.05, 0) is 44.0 Å². The Bertz CT molecular complexity index is 731. The number of aryl methyl sites for hydroxylation is 1. The average molecular weight is 414 g/mol. The average Bonchev–Trinajstić information content (AvgIpc) is 2.60. The maximum Gasteiger partial charge on any atom is 0.338 e. The summed E-state index contributed by atoms with van der Waals surface area (Å²) in [6.45, 7) is 6.97. The fraction of sp³-hybridized carbons (Fsp3) is 0.474. The van der Waals surface area contributed by atoms with E-state index in [9.17, 15) is 9.59 Å². The zero-order valence-electron chi connectivity index (χ0n) is 15.8. The molecule has 6 nitrogen and oxygen atoms in total. The third-order valence-electron chi connectivity index (χ3n) is 4.26. The van der Waals surface area contributed by atoms with Crippen molar-refractivity contribution in [3.8, 4) is 0 Å². The Morgan fingerprint density at radius 2 is 1.85 bits per heavy atom. The molecule has 0 aromatic heterocycles. The van der Waals surface area contributed by atoms with Crippen LogP contribution in [0.5, 0.6) is 0 Å². The van der Waals surface area contributed by atoms with Crippen LogP contribution in [0.2, 0.25) is 0 Å². The fourth-order valence-corrected chi connectivity index (χ4v) is 3.55. The van der Waals surface area contributed by atoms with Crippen molar-refractivity contribution < 1.29 is 14.3 Å². The number of benzene rings is 1. The van der Waals surface area contributed by atoms with E-state index in [2.05, 4.69) is 15.5 Å². The van der Waals surface area contributed by atoms with E-state index < -0.39 is 12.0 Å². The van der Waals surface area contributed by atoms with Gasteiger partial charge >= 0.3 is 12.0 Å². The highest BCUT2D eigenvalue weighted by Gasteiger charge is 2.32. The monoisotopic (exact) mass is 413 g/mol. The number of hydrogen-bond donors (Lipinski definition) is 2. The highest BCUT2D eigenvalue weighted by atomic mass is 35.5. The Morgan fingerprint density at radius 3 is 2.44 bits per heavy atom. The third-order valence-corrected chi connectivity index (χ3v) is 4.59. The Morgan fingerprint density at radius 1 is 1.19 bits per heavy atom. The van der Waals surface area contributed by atoms with Crippen molar-refractivity contribution in [3.05, 3.63) is 40.6 Å². The minimum Gasteiger partial charge on any atom is -0.463 e. The number of ether oxygens (including phenoxy) is 1. The van der Waals surface area contributed by atoms with E-state index in [4.69, 9.17) is 27.9 Å². The summed E-state index contributed by atoms with van der Waals surface area (Å²) in [6.07, 6.45) is 0. The molecule has 2 N–H and O–H groups in total. The lowest BCUT2D eigenvalue weighted by Crippen LogP contribution is -2.45. The predicted octanol–water partition coefficient (Wildman–Crippen LogP) is 3.47. The van der Waals surface area contributed by atoms with Gasteiger partial charge < -0.3 is 20.3 Å². The number of alkyl halides is 2. The maximum absolute atomic E-state index is 12.5. The Balaban J connectivity index is 2.49. The van der Waals surface area contributed by atoms with Crippen LogP contribution < -0.4 is 15.5 Å². The lowest BCUT2D eigenvalue weighted by Gasteiger charge is -2.30. The number of esters is 1. The molecule has 0 fully saturated rings. The number of nitrogens with one attached hydrogen (secondary N) is 2. The standard InChI is InChI=1S/C19H25Cl2N3O3/c1-4-27-18(25)16-13(3)22-19(26)23-17(16)14-9-12(2)10-15(11-14)24(7-5-20)8-6-21/h9-11,17H,4-8H2,1-3H3,(H2,22,23,26). The van der Waals surface area contributed by atoms with Gasteiger partial charge in [-0.2, -0.15) is 0 Å². The molecule has 0 radical (unpaired) electrons. The molecule has 1 aromatic rings. The highest BCUT2D eigenvalue weighted by Crippen LogP contribution is 2.31. The lowest BCUT2D eigenvalue weighted by molar-refractivity contribution is -0.139. The lowest BCUT2D eigenvalue weighted by atomic mass is 9.93. The molecule has 27 heavy (non-hydrogen) atoms. The van der Waals surface area contributed by atoms with E-state index in [-0.39, 0.29) is 12.6 Å². The minimum atomic E-state index is -0.592. The molecular weight excluding hydrogens is 389 g/mol. The van der Waals surface area contributed by atoms with Crippen LogP contribution in [0.25, 0.3) is 0 Å². The zero-order chi connectivity index (χ0) is 20.0. The van der Waals surface area contributed by atoms with Gasteiger partial charge in [-0.15, -0.1) is 23.2 Å². The quantitative estimate of drug-likeness (QED) is 0.505. The number of urea groups is 1. The van der Waals surface area contributed by atoms with Gasteiger partial charge in [0.05, 0.1) is 18.2 Å². The van der Waals surface area contributed by atoms with Crippen molar-refractivity contribution in [2.24, 2.45) is 0 Å². The molecule has 0 aliphatic carbocycles. The molecule has 8 heteroatoms. The Hall–Kier alpha value is -1.92. The molecule has 2 rings (SSSR count). The smallest absolute Gasteiger partial charge is 0.338 e. The van der Waals surface area contributed by atoms with Crippen LogP contribution in [-0.4, -0.2) is 43.5 Å². The first-order chi connectivity index (χ1) is 12.9. The second-order valence-corrected chi connectivity index (χ2v) is 7.01. The van der Waals surface area contributed by atoms with E-state index in [1.165, 1.54) is 0 Å². The predicted molar refractivity (Wildman–Crippen MR) is 109 cm³/mol. The summed E-state index contributed by atoms with van der Waals surface area (Å²) in [4.78, 5) is 26.6. The van der Waals surface area contributed by atoms with Crippen molar-refractivity contribution in [1.29, 1.82) is 0 Å². The number of carbonyl (C=O) groups is 2. The number of rotatable bonds is 8. The first-order valence-corrected chi connectivity index (χ1v) is 9.92. The molecule has 1 aromatic carbocycles. The number of halogens is 2. The summed E-state index contributed by atoms with van der Waals surface area (Å²) in [7, 11) is 0. The van der Waals surface area contributed by atoms with Gasteiger partial charge in [-0.1, -0.05) is 6.07 Å². The molecule has 0 spiro atoms. The molecule has 1 aliphatic heterocycles. The van der Waals surface area contributed by atoms with Crippen molar-refractivity contribution in [3.63, 3.8) is 0 Å². The van der Waals surface area contributed by atoms with Crippen molar-refractivity contribution in [2.45, 2.75) is 26.8 Å². The van der Waals surface area contributed by atoms with E-state index >= 15 is 0 Å². The molecule has 0 saturated carbocycles. The van der Waals surface area contributed by atoms with Crippen LogP contribution in [0.4, 0.5) is 10.5 Å². The number of amides is 2. The molecule has 1 aliphatic rings. The van der Waals surface area contributed by atoms with Crippen molar-refractivity contribution in [1.82, 2.24) is 10.6 Å². The first kappa shape index (κ1) is 21.4. The van der Waals surface area contributed by atoms with Gasteiger partial charge in [0.25, 0.3) is 0 Å². The molecule has 1 atom stereocenters. The summed E-state index contributed by atoms with van der Waals surface area (Å²) < 4.78 is 5.19. The molecule has 0 bridgehead atoms. The van der Waals surface area contributed by atoms with E-state index in [1.54, 1.807) is 13.8 Å². The summed E-state index contributed by atoms with van der Waals surface area (Å²) in [6, 6.07) is 4.99. The zero-order valence-corrected chi connectivity index (χ0v) is 17.3. The van der Waals surface area contributed by atoms with Crippen molar-refractivity contribution >= 4 is 40.9 Å². The van der Waals surface area contributed by atoms with Crippen LogP contribution in [0.3, 0.4) is 0 Å². The minimum absolute atomic E-state index is 0.259. The normalized spacial score (nSPS) is 16.6. The first-order valence-electron chi connectivity index (χ1n) is 8.85. The second kappa shape index (κ2) is 9.85. The fourth-order valence-electron chi connectivity index (χ4n) is 3.14. The number of nitrogens with zero attached hydrogens (tertiary/aromatic N) is 1. The van der Waals surface area contributed by atoms with Crippen LogP contribution in [0, 0.1) is 6.92 Å². The Labute approximate surface area is 169 Å². The largest absolute Gasteiger partial charge is 0.463 e. The summed E-state index contributed by atoms with van der Waals surface area (Å²) in [5, 5.41) is 5.47. The van der Waals surface area contributed by atoms with Crippen LogP contribution in [0.15, 0.2) is 29.5 Å².